The maximum absolute atomic E-state index is 6.22. The van der Waals surface area contributed by atoms with Gasteiger partial charge < -0.3 is 5.32 Å². The maximum atomic E-state index is 6.22. The molecule has 2 aromatic carbocycles. The van der Waals surface area contributed by atoms with E-state index < -0.39 is 0 Å². The Morgan fingerprint density at radius 3 is 2.80 bits per heavy atom. The van der Waals surface area contributed by atoms with E-state index >= 15 is 0 Å². The van der Waals surface area contributed by atoms with Gasteiger partial charge in [0, 0.05) is 11.6 Å². The van der Waals surface area contributed by atoms with Crippen LogP contribution in [0.25, 0.3) is 16.7 Å². The number of nitrogens with one attached hydrogen (secondary N) is 1. The molecule has 4 aromatic rings. The molecule has 124 valence electrons. The third kappa shape index (κ3) is 3.06. The number of aryl methyl sites for hydroxylation is 1. The predicted octanol–water partition coefficient (Wildman–Crippen LogP) is 4.39. The SMILES string of the molecule is Cc1cccc(-n2ncc3c(NCc4ccccc4Cl)ncnc32)c1. The summed E-state index contributed by atoms with van der Waals surface area (Å²) in [6.07, 6.45) is 3.33. The van der Waals surface area contributed by atoms with Crippen LogP contribution in [-0.4, -0.2) is 19.7 Å². The van der Waals surface area contributed by atoms with Crippen molar-refractivity contribution < 1.29 is 0 Å². The smallest absolute Gasteiger partial charge is 0.168 e. The maximum Gasteiger partial charge on any atom is 0.168 e. The van der Waals surface area contributed by atoms with Crippen molar-refractivity contribution in [3.05, 3.63) is 77.2 Å². The highest BCUT2D eigenvalue weighted by Gasteiger charge is 2.11. The molecule has 2 heterocycles. The summed E-state index contributed by atoms with van der Waals surface area (Å²) in [7, 11) is 0. The minimum Gasteiger partial charge on any atom is -0.365 e. The second-order valence-corrected chi connectivity index (χ2v) is 6.21. The minimum absolute atomic E-state index is 0.585. The van der Waals surface area contributed by atoms with Gasteiger partial charge in [0.05, 0.1) is 17.3 Å². The van der Waals surface area contributed by atoms with Crippen molar-refractivity contribution in [1.82, 2.24) is 19.7 Å². The van der Waals surface area contributed by atoms with Gasteiger partial charge in [-0.1, -0.05) is 41.9 Å². The Morgan fingerprint density at radius 2 is 1.96 bits per heavy atom. The van der Waals surface area contributed by atoms with Crippen molar-refractivity contribution in [3.63, 3.8) is 0 Å². The zero-order valence-electron chi connectivity index (χ0n) is 13.6. The van der Waals surface area contributed by atoms with E-state index in [1.54, 1.807) is 12.5 Å². The van der Waals surface area contributed by atoms with Crippen LogP contribution >= 0.6 is 11.6 Å². The van der Waals surface area contributed by atoms with Crippen LogP contribution in [0.2, 0.25) is 5.02 Å². The number of halogens is 1. The van der Waals surface area contributed by atoms with E-state index in [1.807, 2.05) is 41.1 Å². The lowest BCUT2D eigenvalue weighted by atomic mass is 10.2. The zero-order valence-corrected chi connectivity index (χ0v) is 14.4. The first kappa shape index (κ1) is 15.6. The molecule has 0 aliphatic rings. The summed E-state index contributed by atoms with van der Waals surface area (Å²) in [5.74, 6) is 0.740. The predicted molar refractivity (Wildman–Crippen MR) is 100 cm³/mol. The van der Waals surface area contributed by atoms with Crippen LogP contribution in [0.3, 0.4) is 0 Å². The molecule has 0 aliphatic heterocycles. The molecule has 25 heavy (non-hydrogen) atoms. The van der Waals surface area contributed by atoms with Gasteiger partial charge in [-0.25, -0.2) is 14.6 Å². The first-order valence-corrected chi connectivity index (χ1v) is 8.33. The highest BCUT2D eigenvalue weighted by molar-refractivity contribution is 6.31. The fourth-order valence-electron chi connectivity index (χ4n) is 2.75. The molecule has 0 aliphatic carbocycles. The quantitative estimate of drug-likeness (QED) is 0.593. The van der Waals surface area contributed by atoms with Gasteiger partial charge in [-0.3, -0.25) is 0 Å². The molecular formula is C19H16ClN5. The van der Waals surface area contributed by atoms with Crippen LogP contribution in [0.15, 0.2) is 61.1 Å². The van der Waals surface area contributed by atoms with Gasteiger partial charge in [-0.2, -0.15) is 5.10 Å². The summed E-state index contributed by atoms with van der Waals surface area (Å²) < 4.78 is 1.82. The fourth-order valence-corrected chi connectivity index (χ4v) is 2.96. The van der Waals surface area contributed by atoms with Crippen molar-refractivity contribution in [1.29, 1.82) is 0 Å². The van der Waals surface area contributed by atoms with Crippen molar-refractivity contribution in [3.8, 4) is 5.69 Å². The molecule has 0 spiro atoms. The lowest BCUT2D eigenvalue weighted by Crippen LogP contribution is -2.03. The first-order chi connectivity index (χ1) is 12.2. The number of hydrogen-bond acceptors (Lipinski definition) is 4. The largest absolute Gasteiger partial charge is 0.365 e. The molecule has 2 aromatic heterocycles. The fraction of sp³-hybridized carbons (Fsp3) is 0.105. The minimum atomic E-state index is 0.585. The number of anilines is 1. The molecule has 6 heteroatoms. The van der Waals surface area contributed by atoms with E-state index in [2.05, 4.69) is 39.4 Å². The van der Waals surface area contributed by atoms with Crippen LogP contribution in [-0.2, 0) is 6.54 Å². The standard InChI is InChI=1S/C19H16ClN5/c1-13-5-4-7-15(9-13)25-19-16(11-24-25)18(22-12-23-19)21-10-14-6-2-3-8-17(14)20/h2-9,11-12H,10H2,1H3,(H,21,22,23). The van der Waals surface area contributed by atoms with Crippen LogP contribution in [0, 0.1) is 6.92 Å². The second kappa shape index (κ2) is 6.53. The Labute approximate surface area is 150 Å². The Bertz CT molecular complexity index is 1040. The summed E-state index contributed by atoms with van der Waals surface area (Å²) in [5, 5.41) is 9.42. The third-order valence-electron chi connectivity index (χ3n) is 4.02. The summed E-state index contributed by atoms with van der Waals surface area (Å²) in [6, 6.07) is 15.9. The lowest BCUT2D eigenvalue weighted by molar-refractivity contribution is 0.893. The van der Waals surface area contributed by atoms with Gasteiger partial charge in [0.15, 0.2) is 5.65 Å². The molecular weight excluding hydrogens is 334 g/mol. The lowest BCUT2D eigenvalue weighted by Gasteiger charge is -2.08. The molecule has 0 saturated heterocycles. The third-order valence-corrected chi connectivity index (χ3v) is 4.38. The van der Waals surface area contributed by atoms with Gasteiger partial charge in [0.1, 0.15) is 12.1 Å². The van der Waals surface area contributed by atoms with E-state index in [-0.39, 0.29) is 0 Å². The molecule has 0 unspecified atom stereocenters. The van der Waals surface area contributed by atoms with Crippen molar-refractivity contribution in [2.75, 3.05) is 5.32 Å². The summed E-state index contributed by atoms with van der Waals surface area (Å²) in [4.78, 5) is 8.76. The van der Waals surface area contributed by atoms with E-state index in [0.717, 1.165) is 33.1 Å². The average molecular weight is 350 g/mol. The molecule has 0 saturated carbocycles. The molecule has 0 fully saturated rings. The number of nitrogens with zero attached hydrogens (tertiary/aromatic N) is 4. The first-order valence-electron chi connectivity index (χ1n) is 7.95. The molecule has 5 nitrogen and oxygen atoms in total. The van der Waals surface area contributed by atoms with Crippen LogP contribution < -0.4 is 5.32 Å². The highest BCUT2D eigenvalue weighted by atomic mass is 35.5. The van der Waals surface area contributed by atoms with Gasteiger partial charge in [0.25, 0.3) is 0 Å². The van der Waals surface area contributed by atoms with Crippen molar-refractivity contribution in [2.45, 2.75) is 13.5 Å². The molecule has 0 amide bonds. The number of aromatic nitrogens is 4. The molecule has 0 radical (unpaired) electrons. The monoisotopic (exact) mass is 349 g/mol. The second-order valence-electron chi connectivity index (χ2n) is 5.80. The topological polar surface area (TPSA) is 55.6 Å². The van der Waals surface area contributed by atoms with E-state index in [1.165, 1.54) is 5.56 Å². The molecule has 1 N–H and O–H groups in total. The van der Waals surface area contributed by atoms with Crippen LogP contribution in [0.5, 0.6) is 0 Å². The Hall–Kier alpha value is -2.92. The van der Waals surface area contributed by atoms with Crippen LogP contribution in [0.4, 0.5) is 5.82 Å². The van der Waals surface area contributed by atoms with Gasteiger partial charge in [-0.15, -0.1) is 0 Å². The zero-order chi connectivity index (χ0) is 17.2. The Morgan fingerprint density at radius 1 is 1.08 bits per heavy atom. The van der Waals surface area contributed by atoms with Gasteiger partial charge in [-0.05, 0) is 36.2 Å². The van der Waals surface area contributed by atoms with Gasteiger partial charge >= 0.3 is 0 Å². The molecule has 4 rings (SSSR count). The van der Waals surface area contributed by atoms with Crippen molar-refractivity contribution in [2.24, 2.45) is 0 Å². The number of fused-ring (bicyclic) bond motifs is 1. The Kier molecular flexibility index (Phi) is 4.07. The Balaban J connectivity index is 1.68. The normalized spacial score (nSPS) is 11.0. The number of hydrogen-bond donors (Lipinski definition) is 1. The van der Waals surface area contributed by atoms with E-state index in [4.69, 9.17) is 11.6 Å². The summed E-state index contributed by atoms with van der Waals surface area (Å²) >= 11 is 6.22. The van der Waals surface area contributed by atoms with Crippen molar-refractivity contribution >= 4 is 28.5 Å². The highest BCUT2D eigenvalue weighted by Crippen LogP contribution is 2.23. The van der Waals surface area contributed by atoms with Crippen LogP contribution in [0.1, 0.15) is 11.1 Å². The summed E-state index contributed by atoms with van der Waals surface area (Å²) in [5.41, 5.74) is 3.93. The van der Waals surface area contributed by atoms with E-state index in [9.17, 15) is 0 Å². The average Bonchev–Trinajstić information content (AvgIpc) is 3.06. The number of rotatable bonds is 4. The molecule has 0 bridgehead atoms. The number of benzene rings is 2. The summed E-state index contributed by atoms with van der Waals surface area (Å²) in [6.45, 7) is 2.64. The van der Waals surface area contributed by atoms with E-state index in [0.29, 0.717) is 6.54 Å². The van der Waals surface area contributed by atoms with Gasteiger partial charge in [0.2, 0.25) is 0 Å². The molecule has 0 atom stereocenters.